The van der Waals surface area contributed by atoms with Gasteiger partial charge >= 0.3 is 6.36 Å². The summed E-state index contributed by atoms with van der Waals surface area (Å²) in [5, 5.41) is 3.37. The first-order valence-corrected chi connectivity index (χ1v) is 6.32. The largest absolute Gasteiger partial charge is 0.573 e. The fourth-order valence-corrected chi connectivity index (χ4v) is 2.31. The monoisotopic (exact) mass is 274 g/mol. The maximum absolute atomic E-state index is 12.0. The van der Waals surface area contributed by atoms with Crippen LogP contribution >= 0.6 is 0 Å². The van der Waals surface area contributed by atoms with Gasteiger partial charge in [0.1, 0.15) is 5.75 Å². The second kappa shape index (κ2) is 5.69. The van der Waals surface area contributed by atoms with Crippen molar-refractivity contribution in [3.8, 4) is 5.75 Å². The van der Waals surface area contributed by atoms with Gasteiger partial charge in [-0.25, -0.2) is 0 Å². The first-order valence-electron chi connectivity index (χ1n) is 6.32. The Morgan fingerprint density at radius 2 is 2.00 bits per heavy atom. The molecule has 0 saturated carbocycles. The van der Waals surface area contributed by atoms with E-state index in [0.29, 0.717) is 6.04 Å². The predicted octanol–water partition coefficient (Wildman–Crippen LogP) is 2.77. The van der Waals surface area contributed by atoms with Crippen LogP contribution in [0, 0.1) is 0 Å². The fraction of sp³-hybridized carbons (Fsp3) is 0.538. The Kier molecular flexibility index (Phi) is 4.19. The van der Waals surface area contributed by atoms with Gasteiger partial charge in [0.05, 0.1) is 0 Å². The van der Waals surface area contributed by atoms with Crippen LogP contribution in [-0.2, 0) is 0 Å². The summed E-state index contributed by atoms with van der Waals surface area (Å²) < 4.78 is 40.0. The molecule has 0 spiro atoms. The van der Waals surface area contributed by atoms with Crippen LogP contribution < -0.4 is 15.0 Å². The Morgan fingerprint density at radius 1 is 1.32 bits per heavy atom. The van der Waals surface area contributed by atoms with E-state index in [4.69, 9.17) is 0 Å². The van der Waals surface area contributed by atoms with Crippen molar-refractivity contribution in [2.24, 2.45) is 0 Å². The van der Waals surface area contributed by atoms with E-state index in [0.717, 1.165) is 31.7 Å². The van der Waals surface area contributed by atoms with E-state index < -0.39 is 6.36 Å². The summed E-state index contributed by atoms with van der Waals surface area (Å²) in [5.41, 5.74) is 0.926. The molecule has 0 bridgehead atoms. The zero-order chi connectivity index (χ0) is 13.9. The quantitative estimate of drug-likeness (QED) is 0.913. The molecule has 0 amide bonds. The molecule has 0 aliphatic carbocycles. The van der Waals surface area contributed by atoms with E-state index in [1.165, 1.54) is 12.1 Å². The molecule has 2 rings (SSSR count). The molecule has 1 N–H and O–H groups in total. The first kappa shape index (κ1) is 14.0. The van der Waals surface area contributed by atoms with Crippen molar-refractivity contribution in [1.82, 2.24) is 5.32 Å². The second-order valence-corrected chi connectivity index (χ2v) is 4.53. The van der Waals surface area contributed by atoms with Crippen LogP contribution in [0.4, 0.5) is 18.9 Å². The lowest BCUT2D eigenvalue weighted by Gasteiger charge is -2.19. The van der Waals surface area contributed by atoms with Gasteiger partial charge in [0.2, 0.25) is 0 Å². The van der Waals surface area contributed by atoms with Crippen LogP contribution in [0.3, 0.4) is 0 Å². The van der Waals surface area contributed by atoms with Gasteiger partial charge in [0, 0.05) is 24.8 Å². The standard InChI is InChI=1S/C13H17F3N2O/c1-2-17-10-7-8-18(9-10)11-3-5-12(6-4-11)19-13(14,15)16/h3-6,10,17H,2,7-9H2,1H3. The minimum atomic E-state index is -4.63. The SMILES string of the molecule is CCNC1CCN(c2ccc(OC(F)(F)F)cc2)C1. The van der Waals surface area contributed by atoms with Crippen molar-refractivity contribution in [1.29, 1.82) is 0 Å². The summed E-state index contributed by atoms with van der Waals surface area (Å²) in [7, 11) is 0. The lowest BCUT2D eigenvalue weighted by Crippen LogP contribution is -2.32. The van der Waals surface area contributed by atoms with Crippen molar-refractivity contribution >= 4 is 5.69 Å². The van der Waals surface area contributed by atoms with Gasteiger partial charge in [-0.2, -0.15) is 0 Å². The van der Waals surface area contributed by atoms with E-state index in [1.807, 2.05) is 0 Å². The number of ether oxygens (including phenoxy) is 1. The third-order valence-corrected chi connectivity index (χ3v) is 3.12. The minimum Gasteiger partial charge on any atom is -0.406 e. The van der Waals surface area contributed by atoms with E-state index >= 15 is 0 Å². The molecule has 1 saturated heterocycles. The van der Waals surface area contributed by atoms with Gasteiger partial charge in [-0.15, -0.1) is 13.2 Å². The van der Waals surface area contributed by atoms with Gasteiger partial charge in [-0.3, -0.25) is 0 Å². The molecule has 0 aromatic heterocycles. The van der Waals surface area contributed by atoms with Gasteiger partial charge in [-0.05, 0) is 37.2 Å². The predicted molar refractivity (Wildman–Crippen MR) is 67.4 cm³/mol. The van der Waals surface area contributed by atoms with Crippen LogP contribution in [0.25, 0.3) is 0 Å². The number of hydrogen-bond donors (Lipinski definition) is 1. The molecule has 1 fully saturated rings. The highest BCUT2D eigenvalue weighted by Crippen LogP contribution is 2.26. The number of benzene rings is 1. The molecular formula is C13H17F3N2O. The van der Waals surface area contributed by atoms with Crippen molar-refractivity contribution in [3.05, 3.63) is 24.3 Å². The third-order valence-electron chi connectivity index (χ3n) is 3.12. The number of alkyl halides is 3. The molecule has 1 aromatic rings. The molecular weight excluding hydrogens is 257 g/mol. The van der Waals surface area contributed by atoms with Crippen LogP contribution in [0.2, 0.25) is 0 Å². The zero-order valence-corrected chi connectivity index (χ0v) is 10.7. The third kappa shape index (κ3) is 4.02. The van der Waals surface area contributed by atoms with Gasteiger partial charge in [0.25, 0.3) is 0 Å². The lowest BCUT2D eigenvalue weighted by atomic mass is 10.2. The number of rotatable bonds is 4. The molecule has 106 valence electrons. The fourth-order valence-electron chi connectivity index (χ4n) is 2.31. The molecule has 1 atom stereocenters. The second-order valence-electron chi connectivity index (χ2n) is 4.53. The smallest absolute Gasteiger partial charge is 0.406 e. The number of halogens is 3. The van der Waals surface area contributed by atoms with Crippen LogP contribution in [-0.4, -0.2) is 32.0 Å². The number of anilines is 1. The highest BCUT2D eigenvalue weighted by molar-refractivity contribution is 5.50. The molecule has 6 heteroatoms. The van der Waals surface area contributed by atoms with E-state index in [9.17, 15) is 13.2 Å². The summed E-state index contributed by atoms with van der Waals surface area (Å²) in [5.74, 6) is -0.182. The first-order chi connectivity index (χ1) is 8.98. The highest BCUT2D eigenvalue weighted by atomic mass is 19.4. The maximum Gasteiger partial charge on any atom is 0.573 e. The van der Waals surface area contributed by atoms with Crippen molar-refractivity contribution in [2.75, 3.05) is 24.5 Å². The minimum absolute atomic E-state index is 0.182. The summed E-state index contributed by atoms with van der Waals surface area (Å²) in [6.45, 7) is 4.78. The summed E-state index contributed by atoms with van der Waals surface area (Å²) in [4.78, 5) is 2.16. The van der Waals surface area contributed by atoms with Crippen molar-refractivity contribution in [2.45, 2.75) is 25.7 Å². The summed E-state index contributed by atoms with van der Waals surface area (Å²) in [6, 6.07) is 6.48. The Labute approximate surface area is 110 Å². The molecule has 1 aliphatic heterocycles. The number of hydrogen-bond acceptors (Lipinski definition) is 3. The molecule has 0 radical (unpaired) electrons. The molecule has 1 heterocycles. The highest BCUT2D eigenvalue weighted by Gasteiger charge is 2.31. The Hall–Kier alpha value is -1.43. The molecule has 1 aliphatic rings. The van der Waals surface area contributed by atoms with Crippen LogP contribution in [0.1, 0.15) is 13.3 Å². The van der Waals surface area contributed by atoms with Crippen molar-refractivity contribution in [3.63, 3.8) is 0 Å². The van der Waals surface area contributed by atoms with E-state index in [-0.39, 0.29) is 5.75 Å². The maximum atomic E-state index is 12.0. The molecule has 1 aromatic carbocycles. The van der Waals surface area contributed by atoms with Gasteiger partial charge in [0.15, 0.2) is 0 Å². The Bertz CT molecular complexity index is 405. The topological polar surface area (TPSA) is 24.5 Å². The van der Waals surface area contributed by atoms with Crippen LogP contribution in [0.5, 0.6) is 5.75 Å². The normalized spacial score (nSPS) is 19.8. The van der Waals surface area contributed by atoms with Crippen LogP contribution in [0.15, 0.2) is 24.3 Å². The number of nitrogens with one attached hydrogen (secondary N) is 1. The molecule has 19 heavy (non-hydrogen) atoms. The average Bonchev–Trinajstić information content (AvgIpc) is 2.77. The number of nitrogens with zero attached hydrogens (tertiary/aromatic N) is 1. The molecule has 3 nitrogen and oxygen atoms in total. The summed E-state index contributed by atoms with van der Waals surface area (Å²) >= 11 is 0. The Morgan fingerprint density at radius 3 is 2.58 bits per heavy atom. The molecule has 1 unspecified atom stereocenters. The lowest BCUT2D eigenvalue weighted by molar-refractivity contribution is -0.274. The van der Waals surface area contributed by atoms with E-state index in [1.54, 1.807) is 12.1 Å². The van der Waals surface area contributed by atoms with E-state index in [2.05, 4.69) is 21.9 Å². The Balaban J connectivity index is 1.96. The number of likely N-dealkylation sites (N-methyl/N-ethyl adjacent to an activating group) is 1. The zero-order valence-electron chi connectivity index (χ0n) is 10.7. The van der Waals surface area contributed by atoms with Gasteiger partial charge < -0.3 is 15.0 Å². The van der Waals surface area contributed by atoms with Gasteiger partial charge in [-0.1, -0.05) is 6.92 Å². The van der Waals surface area contributed by atoms with Crippen molar-refractivity contribution < 1.29 is 17.9 Å². The average molecular weight is 274 g/mol. The summed E-state index contributed by atoms with van der Waals surface area (Å²) in [6.07, 6.45) is -3.58.